The highest BCUT2D eigenvalue weighted by molar-refractivity contribution is 7.71. The van der Waals surface area contributed by atoms with E-state index in [9.17, 15) is 9.90 Å². The summed E-state index contributed by atoms with van der Waals surface area (Å²) >= 11 is 5.16. The number of nitrogens with zero attached hydrogens (tertiary/aromatic N) is 2. The van der Waals surface area contributed by atoms with Crippen LogP contribution in [0, 0.1) is 4.77 Å². The number of unbranched alkanes of at least 4 members (excludes halogenated alkanes) is 1. The number of aromatic nitrogens is 2. The minimum absolute atomic E-state index is 0.128. The maximum absolute atomic E-state index is 12.2. The molecule has 3 rings (SSSR count). The number of likely N-dealkylation sites (tertiary alicyclic amines) is 1. The molecule has 0 amide bonds. The number of nitrogens with one attached hydrogen (secondary N) is 2. The Kier molecular flexibility index (Phi) is 7.17. The normalized spacial score (nSPS) is 15.3. The molecule has 1 fully saturated rings. The van der Waals surface area contributed by atoms with Crippen LogP contribution in [0.3, 0.4) is 0 Å². The number of rotatable bonds is 7. The number of H-pyrrole nitrogens is 1. The fraction of sp³-hybridized carbons (Fsp3) is 0.476. The van der Waals surface area contributed by atoms with E-state index in [2.05, 4.69) is 29.0 Å². The highest BCUT2D eigenvalue weighted by Crippen LogP contribution is 2.16. The average molecular weight is 402 g/mol. The number of benzene rings is 1. The molecule has 0 spiro atoms. The molecule has 0 atom stereocenters. The van der Waals surface area contributed by atoms with Crippen molar-refractivity contribution in [2.24, 2.45) is 4.99 Å². The van der Waals surface area contributed by atoms with Gasteiger partial charge in [0.15, 0.2) is 4.77 Å². The molecule has 2 aromatic rings. The van der Waals surface area contributed by atoms with Crippen molar-refractivity contribution in [3.63, 3.8) is 0 Å². The molecule has 3 N–H and O–H groups in total. The van der Waals surface area contributed by atoms with Crippen molar-refractivity contribution in [3.8, 4) is 5.88 Å². The second-order valence-corrected chi connectivity index (χ2v) is 7.80. The van der Waals surface area contributed by atoms with Gasteiger partial charge in [-0.05, 0) is 50.0 Å². The average Bonchev–Trinajstić information content (AvgIpc) is 2.69. The largest absolute Gasteiger partial charge is 0.494 e. The van der Waals surface area contributed by atoms with Gasteiger partial charge in [-0.2, -0.15) is 0 Å². The van der Waals surface area contributed by atoms with Gasteiger partial charge >= 0.3 is 0 Å². The molecular formula is C21H29N4O2S+. The number of aromatic amines is 1. The Morgan fingerprint density at radius 2 is 1.96 bits per heavy atom. The van der Waals surface area contributed by atoms with Crippen LogP contribution in [0.4, 0.5) is 5.69 Å². The van der Waals surface area contributed by atoms with E-state index in [-0.39, 0.29) is 16.2 Å². The maximum Gasteiger partial charge on any atom is 0.264 e. The number of hydrogen-bond acceptors (Lipinski definition) is 4. The van der Waals surface area contributed by atoms with E-state index >= 15 is 0 Å². The van der Waals surface area contributed by atoms with Crippen LogP contribution in [-0.2, 0) is 13.1 Å². The summed E-state index contributed by atoms with van der Waals surface area (Å²) in [5, 5.41) is 10.5. The van der Waals surface area contributed by atoms with Crippen LogP contribution in [-0.4, -0.2) is 34.0 Å². The van der Waals surface area contributed by atoms with Crippen molar-refractivity contribution in [1.29, 1.82) is 0 Å². The Labute approximate surface area is 170 Å². The lowest BCUT2D eigenvalue weighted by Gasteiger charge is -2.23. The standard InChI is InChI=1S/C21H28N4O2S/c1-2-3-13-25-20(27)18(19(26)23-21(25)28)14-22-17-9-7-16(8-10-17)15-24-11-5-4-6-12-24/h7-10,14,27H,2-6,11-13,15H2,1H3,(H,23,26,28)/p+1. The summed E-state index contributed by atoms with van der Waals surface area (Å²) < 4.78 is 1.78. The van der Waals surface area contributed by atoms with Crippen LogP contribution in [0.15, 0.2) is 34.1 Å². The zero-order valence-corrected chi connectivity index (χ0v) is 17.2. The molecular weight excluding hydrogens is 372 g/mol. The van der Waals surface area contributed by atoms with E-state index in [1.165, 1.54) is 44.1 Å². The lowest BCUT2D eigenvalue weighted by molar-refractivity contribution is -0.918. The van der Waals surface area contributed by atoms with Gasteiger partial charge in [0, 0.05) is 18.3 Å². The van der Waals surface area contributed by atoms with Crippen molar-refractivity contribution in [1.82, 2.24) is 9.55 Å². The molecule has 0 saturated carbocycles. The van der Waals surface area contributed by atoms with E-state index in [1.54, 1.807) is 9.47 Å². The van der Waals surface area contributed by atoms with Crippen molar-refractivity contribution in [2.45, 2.75) is 52.1 Å². The van der Waals surface area contributed by atoms with Gasteiger partial charge < -0.3 is 10.0 Å². The van der Waals surface area contributed by atoms with Crippen LogP contribution in [0.5, 0.6) is 5.88 Å². The molecule has 0 bridgehead atoms. The summed E-state index contributed by atoms with van der Waals surface area (Å²) in [5.41, 5.74) is 1.75. The summed E-state index contributed by atoms with van der Waals surface area (Å²) in [7, 11) is 0. The molecule has 0 unspecified atom stereocenters. The molecule has 1 saturated heterocycles. The first kappa shape index (κ1) is 20.5. The Bertz CT molecular complexity index is 925. The van der Waals surface area contributed by atoms with Crippen molar-refractivity contribution in [3.05, 3.63) is 50.5 Å². The molecule has 7 heteroatoms. The van der Waals surface area contributed by atoms with Crippen LogP contribution in [0.25, 0.3) is 0 Å². The van der Waals surface area contributed by atoms with Crippen LogP contribution < -0.4 is 10.5 Å². The Hall–Kier alpha value is -2.25. The summed E-state index contributed by atoms with van der Waals surface area (Å²) in [5.74, 6) is -0.128. The van der Waals surface area contributed by atoms with Gasteiger partial charge in [0.1, 0.15) is 12.1 Å². The first-order valence-electron chi connectivity index (χ1n) is 10.1. The minimum Gasteiger partial charge on any atom is -0.494 e. The number of hydrogen-bond donors (Lipinski definition) is 3. The van der Waals surface area contributed by atoms with Crippen molar-refractivity contribution >= 4 is 24.1 Å². The maximum atomic E-state index is 12.2. The predicted molar refractivity (Wildman–Crippen MR) is 114 cm³/mol. The number of quaternary nitrogens is 1. The number of aliphatic imine (C=N–C) groups is 1. The quantitative estimate of drug-likeness (QED) is 0.493. The van der Waals surface area contributed by atoms with Gasteiger partial charge in [-0.25, -0.2) is 0 Å². The second-order valence-electron chi connectivity index (χ2n) is 7.41. The fourth-order valence-corrected chi connectivity index (χ4v) is 3.84. The first-order valence-corrected chi connectivity index (χ1v) is 10.5. The van der Waals surface area contributed by atoms with Crippen molar-refractivity contribution < 1.29 is 10.0 Å². The number of aromatic hydroxyl groups is 1. The topological polar surface area (TPSA) is 74.8 Å². The van der Waals surface area contributed by atoms with Crippen molar-refractivity contribution in [2.75, 3.05) is 13.1 Å². The first-order chi connectivity index (χ1) is 13.6. The van der Waals surface area contributed by atoms with Gasteiger partial charge in [-0.15, -0.1) is 0 Å². The van der Waals surface area contributed by atoms with E-state index in [0.717, 1.165) is 25.1 Å². The van der Waals surface area contributed by atoms with Gasteiger partial charge in [0.05, 0.1) is 18.8 Å². The molecule has 0 aliphatic carbocycles. The van der Waals surface area contributed by atoms with Crippen LogP contribution in [0.1, 0.15) is 50.2 Å². The molecule has 1 aromatic carbocycles. The summed E-state index contributed by atoms with van der Waals surface area (Å²) in [6.07, 6.45) is 7.23. The Balaban J connectivity index is 1.74. The molecule has 1 aromatic heterocycles. The third-order valence-corrected chi connectivity index (χ3v) is 5.56. The van der Waals surface area contributed by atoms with E-state index in [1.807, 2.05) is 12.1 Å². The van der Waals surface area contributed by atoms with E-state index in [0.29, 0.717) is 6.54 Å². The second kappa shape index (κ2) is 9.80. The summed E-state index contributed by atoms with van der Waals surface area (Å²) in [6.45, 7) is 6.16. The molecule has 2 heterocycles. The molecule has 1 aliphatic rings. The zero-order chi connectivity index (χ0) is 19.9. The van der Waals surface area contributed by atoms with Gasteiger partial charge in [-0.1, -0.05) is 25.5 Å². The highest BCUT2D eigenvalue weighted by Gasteiger charge is 2.14. The molecule has 1 aliphatic heterocycles. The van der Waals surface area contributed by atoms with Gasteiger partial charge in [-0.3, -0.25) is 19.3 Å². The van der Waals surface area contributed by atoms with Crippen LogP contribution >= 0.6 is 12.2 Å². The molecule has 150 valence electrons. The van der Waals surface area contributed by atoms with E-state index < -0.39 is 5.56 Å². The van der Waals surface area contributed by atoms with Gasteiger partial charge in [0.2, 0.25) is 5.88 Å². The summed E-state index contributed by atoms with van der Waals surface area (Å²) in [6, 6.07) is 8.08. The molecule has 6 nitrogen and oxygen atoms in total. The lowest BCUT2D eigenvalue weighted by atomic mass is 10.1. The van der Waals surface area contributed by atoms with E-state index in [4.69, 9.17) is 12.2 Å². The lowest BCUT2D eigenvalue weighted by Crippen LogP contribution is -3.11. The molecule has 28 heavy (non-hydrogen) atoms. The monoisotopic (exact) mass is 401 g/mol. The van der Waals surface area contributed by atoms with Gasteiger partial charge in [0.25, 0.3) is 5.56 Å². The fourth-order valence-electron chi connectivity index (χ4n) is 3.57. The highest BCUT2D eigenvalue weighted by atomic mass is 32.1. The smallest absolute Gasteiger partial charge is 0.264 e. The van der Waals surface area contributed by atoms with Crippen LogP contribution in [0.2, 0.25) is 0 Å². The third kappa shape index (κ3) is 5.17. The third-order valence-electron chi connectivity index (χ3n) is 5.24. The summed E-state index contributed by atoms with van der Waals surface area (Å²) in [4.78, 5) is 20.8. The Morgan fingerprint density at radius 1 is 1.25 bits per heavy atom. The number of piperidine rings is 1. The molecule has 0 radical (unpaired) electrons. The zero-order valence-electron chi connectivity index (χ0n) is 16.4. The minimum atomic E-state index is -0.427. The Morgan fingerprint density at radius 3 is 2.64 bits per heavy atom. The predicted octanol–water partition coefficient (Wildman–Crippen LogP) is 2.73. The SMILES string of the molecule is CCCCn1c(O)c(C=Nc2ccc(C[NH+]3CCCCC3)cc2)c(=O)[nH]c1=S.